The highest BCUT2D eigenvalue weighted by atomic mass is 32.1. The summed E-state index contributed by atoms with van der Waals surface area (Å²) in [7, 11) is 0. The van der Waals surface area contributed by atoms with Crippen LogP contribution in [0.25, 0.3) is 0 Å². The molecule has 1 fully saturated rings. The minimum atomic E-state index is -0.403. The van der Waals surface area contributed by atoms with Crippen molar-refractivity contribution in [3.63, 3.8) is 0 Å². The molecule has 2 bridgehead atoms. The van der Waals surface area contributed by atoms with Gasteiger partial charge in [0, 0.05) is 62.3 Å². The fourth-order valence-corrected chi connectivity index (χ4v) is 6.57. The highest BCUT2D eigenvalue weighted by molar-refractivity contribution is 7.09. The molecule has 3 aromatic rings. The van der Waals surface area contributed by atoms with Crippen LogP contribution in [0, 0.1) is 5.82 Å². The Morgan fingerprint density at radius 2 is 1.88 bits per heavy atom. The second-order valence-electron chi connectivity index (χ2n) is 10.6. The Hall–Kier alpha value is -3.30. The van der Waals surface area contributed by atoms with Crippen molar-refractivity contribution in [1.29, 1.82) is 0 Å². The Morgan fingerprint density at radius 1 is 1.07 bits per heavy atom. The molecule has 0 spiro atoms. The first-order valence-corrected chi connectivity index (χ1v) is 15.0. The van der Waals surface area contributed by atoms with Crippen LogP contribution in [0.15, 0.2) is 60.1 Å². The third-order valence-corrected chi connectivity index (χ3v) is 8.70. The van der Waals surface area contributed by atoms with Gasteiger partial charge in [-0.1, -0.05) is 36.8 Å². The van der Waals surface area contributed by atoms with Crippen LogP contribution in [0.1, 0.15) is 56.0 Å². The summed E-state index contributed by atoms with van der Waals surface area (Å²) in [6.07, 6.45) is 6.68. The van der Waals surface area contributed by atoms with Crippen LogP contribution in [0.3, 0.4) is 0 Å². The van der Waals surface area contributed by atoms with Crippen LogP contribution >= 0.6 is 11.3 Å². The van der Waals surface area contributed by atoms with Crippen LogP contribution < -0.4 is 9.64 Å². The summed E-state index contributed by atoms with van der Waals surface area (Å²) in [5.74, 6) is -0.153. The molecule has 1 aromatic heterocycles. The topological polar surface area (TPSA) is 66.0 Å². The van der Waals surface area contributed by atoms with Crippen LogP contribution in [-0.2, 0) is 22.7 Å². The van der Waals surface area contributed by atoms with Crippen LogP contribution in [0.2, 0.25) is 0 Å². The number of para-hydroxylation sites is 2. The number of hydrogen-bond donors (Lipinski definition) is 0. The second-order valence-corrected chi connectivity index (χ2v) is 11.6. The van der Waals surface area contributed by atoms with E-state index in [4.69, 9.17) is 4.74 Å². The van der Waals surface area contributed by atoms with Gasteiger partial charge in [-0.05, 0) is 49.4 Å². The van der Waals surface area contributed by atoms with Crippen molar-refractivity contribution in [3.05, 3.63) is 76.5 Å². The normalized spacial score (nSPS) is 19.9. The second kappa shape index (κ2) is 13.4. The number of hydrogen-bond acceptors (Lipinski definition) is 6. The molecule has 40 heavy (non-hydrogen) atoms. The van der Waals surface area contributed by atoms with Gasteiger partial charge in [-0.2, -0.15) is 0 Å². The molecule has 0 N–H and O–H groups in total. The SMILES string of the molecule is CC(=O)N1CCC2CCCC(CN(C(=O)CCCOc3ccccc3F)Cc3ccccc31)N2Cc1nccs1. The molecule has 2 aromatic carbocycles. The zero-order valence-electron chi connectivity index (χ0n) is 23.0. The van der Waals surface area contributed by atoms with Crippen molar-refractivity contribution in [2.45, 2.75) is 70.6 Å². The zero-order chi connectivity index (χ0) is 27.9. The Morgan fingerprint density at radius 3 is 2.67 bits per heavy atom. The van der Waals surface area contributed by atoms with Gasteiger partial charge < -0.3 is 14.5 Å². The van der Waals surface area contributed by atoms with Crippen molar-refractivity contribution in [3.8, 4) is 5.75 Å². The summed E-state index contributed by atoms with van der Waals surface area (Å²) < 4.78 is 19.5. The lowest BCUT2D eigenvalue weighted by Crippen LogP contribution is -2.52. The summed E-state index contributed by atoms with van der Waals surface area (Å²) in [6.45, 7) is 4.31. The number of carbonyl (C=O) groups is 2. The van der Waals surface area contributed by atoms with E-state index in [2.05, 4.69) is 9.88 Å². The molecule has 2 aliphatic rings. The van der Waals surface area contributed by atoms with Crippen molar-refractivity contribution in [2.24, 2.45) is 0 Å². The largest absolute Gasteiger partial charge is 0.491 e. The Labute approximate surface area is 239 Å². The van der Waals surface area contributed by atoms with E-state index in [1.54, 1.807) is 36.5 Å². The van der Waals surface area contributed by atoms with E-state index in [1.807, 2.05) is 45.6 Å². The number of fused-ring (bicyclic) bond motifs is 3. The third-order valence-electron chi connectivity index (χ3n) is 7.94. The van der Waals surface area contributed by atoms with Gasteiger partial charge in [-0.3, -0.25) is 14.5 Å². The van der Waals surface area contributed by atoms with Gasteiger partial charge in [0.2, 0.25) is 11.8 Å². The van der Waals surface area contributed by atoms with Gasteiger partial charge in [0.1, 0.15) is 5.01 Å². The molecule has 9 heteroatoms. The lowest BCUT2D eigenvalue weighted by atomic mass is 9.92. The predicted molar refractivity (Wildman–Crippen MR) is 155 cm³/mol. The molecule has 2 amide bonds. The van der Waals surface area contributed by atoms with Crippen LogP contribution in [0.4, 0.5) is 10.1 Å². The van der Waals surface area contributed by atoms with E-state index in [0.29, 0.717) is 38.5 Å². The number of amides is 2. The number of nitrogens with zero attached hydrogens (tertiary/aromatic N) is 4. The van der Waals surface area contributed by atoms with E-state index in [-0.39, 0.29) is 30.2 Å². The highest BCUT2D eigenvalue weighted by Gasteiger charge is 2.35. The lowest BCUT2D eigenvalue weighted by Gasteiger charge is -2.43. The van der Waals surface area contributed by atoms with Gasteiger partial charge in [0.15, 0.2) is 11.6 Å². The average molecular weight is 565 g/mol. The number of benzene rings is 2. The van der Waals surface area contributed by atoms with Gasteiger partial charge >= 0.3 is 0 Å². The standard InChI is InChI=1S/C31H37FN4O3S/c1-23(37)35-17-15-25-9-6-10-26(36(25)22-30-33-16-19-40-30)21-34(20-24-8-2-4-12-28(24)35)31(38)14-7-18-39-29-13-5-3-11-27(29)32/h2-5,8,11-13,16,19,25-26H,6-7,9-10,14-15,17-18,20-22H2,1H3. The monoisotopic (exact) mass is 564 g/mol. The number of rotatable bonds is 7. The Kier molecular flexibility index (Phi) is 9.44. The minimum Gasteiger partial charge on any atom is -0.491 e. The van der Waals surface area contributed by atoms with Crippen molar-refractivity contribution >= 4 is 28.8 Å². The molecular formula is C31H37FN4O3S. The number of ether oxygens (including phenoxy) is 1. The maximum atomic E-state index is 13.9. The van der Waals surface area contributed by atoms with E-state index in [9.17, 15) is 14.0 Å². The van der Waals surface area contributed by atoms with Crippen LogP contribution in [0.5, 0.6) is 5.75 Å². The third kappa shape index (κ3) is 6.88. The number of thiazole rings is 1. The summed E-state index contributed by atoms with van der Waals surface area (Å²) in [5.41, 5.74) is 1.84. The molecule has 1 saturated heterocycles. The first-order chi connectivity index (χ1) is 19.5. The molecule has 7 nitrogen and oxygen atoms in total. The summed E-state index contributed by atoms with van der Waals surface area (Å²) >= 11 is 1.66. The van der Waals surface area contributed by atoms with Crippen molar-refractivity contribution in [1.82, 2.24) is 14.8 Å². The van der Waals surface area contributed by atoms with E-state index in [1.165, 1.54) is 6.07 Å². The quantitative estimate of drug-likeness (QED) is 0.347. The van der Waals surface area contributed by atoms with E-state index < -0.39 is 5.82 Å². The maximum absolute atomic E-state index is 13.9. The van der Waals surface area contributed by atoms with Crippen LogP contribution in [-0.4, -0.2) is 58.4 Å². The predicted octanol–water partition coefficient (Wildman–Crippen LogP) is 5.65. The van der Waals surface area contributed by atoms with E-state index in [0.717, 1.165) is 48.5 Å². The van der Waals surface area contributed by atoms with Crippen molar-refractivity contribution in [2.75, 3.05) is 24.6 Å². The maximum Gasteiger partial charge on any atom is 0.223 e. The number of anilines is 1. The number of halogens is 1. The van der Waals surface area contributed by atoms with Gasteiger partial charge in [0.25, 0.3) is 0 Å². The van der Waals surface area contributed by atoms with Gasteiger partial charge in [0.05, 0.1) is 13.2 Å². The number of aromatic nitrogens is 1. The summed E-state index contributed by atoms with van der Waals surface area (Å²) in [5, 5.41) is 3.08. The summed E-state index contributed by atoms with van der Waals surface area (Å²) in [6, 6.07) is 14.8. The molecule has 5 rings (SSSR count). The minimum absolute atomic E-state index is 0.00805. The number of piperidine rings is 1. The van der Waals surface area contributed by atoms with Gasteiger partial charge in [-0.25, -0.2) is 9.37 Å². The fraction of sp³-hybridized carbons (Fsp3) is 0.452. The molecule has 212 valence electrons. The van der Waals surface area contributed by atoms with Crippen molar-refractivity contribution < 1.29 is 18.7 Å². The fourth-order valence-electron chi connectivity index (χ4n) is 5.94. The molecule has 3 heterocycles. The molecule has 0 radical (unpaired) electrons. The number of carbonyl (C=O) groups excluding carboxylic acids is 2. The molecular weight excluding hydrogens is 527 g/mol. The lowest BCUT2D eigenvalue weighted by molar-refractivity contribution is -0.133. The van der Waals surface area contributed by atoms with Gasteiger partial charge in [-0.15, -0.1) is 11.3 Å². The first kappa shape index (κ1) is 28.2. The van der Waals surface area contributed by atoms with E-state index >= 15 is 0 Å². The molecule has 2 unspecified atom stereocenters. The smallest absolute Gasteiger partial charge is 0.223 e. The molecule has 2 aliphatic heterocycles. The molecule has 0 aliphatic carbocycles. The Balaban J connectivity index is 1.38. The zero-order valence-corrected chi connectivity index (χ0v) is 23.8. The molecule has 0 saturated carbocycles. The Bertz CT molecular complexity index is 1290. The molecule has 2 atom stereocenters. The average Bonchev–Trinajstić information content (AvgIpc) is 3.46. The first-order valence-electron chi connectivity index (χ1n) is 14.1. The highest BCUT2D eigenvalue weighted by Crippen LogP contribution is 2.32. The summed E-state index contributed by atoms with van der Waals surface area (Å²) in [4.78, 5) is 37.5.